The maximum atomic E-state index is 11.7. The second-order valence-corrected chi connectivity index (χ2v) is 4.72. The minimum atomic E-state index is -1.07. The van der Waals surface area contributed by atoms with E-state index < -0.39 is 11.4 Å². The minimum Gasteiger partial charge on any atom is -0.481 e. The predicted octanol–water partition coefficient (Wildman–Crippen LogP) is 1.17. The maximum Gasteiger partial charge on any atom is 0.309 e. The van der Waals surface area contributed by atoms with Gasteiger partial charge in [0.25, 0.3) is 0 Å². The van der Waals surface area contributed by atoms with Crippen molar-refractivity contribution in [1.82, 2.24) is 9.78 Å². The molecular weight excluding hydrogens is 222 g/mol. The standard InChI is InChI=1S/C11H17N3O3/c1-7-8(6-14(4)13-7)12-9(15)5-11(2,3)10(16)17/h6H,5H2,1-4H3,(H,12,15)(H,16,17). The molecule has 0 aliphatic carbocycles. The van der Waals surface area contributed by atoms with Crippen molar-refractivity contribution in [3.8, 4) is 0 Å². The van der Waals surface area contributed by atoms with Crippen LogP contribution in [0.3, 0.4) is 0 Å². The third-order valence-corrected chi connectivity index (χ3v) is 2.47. The Morgan fingerprint density at radius 3 is 2.53 bits per heavy atom. The molecule has 1 rings (SSSR count). The smallest absolute Gasteiger partial charge is 0.309 e. The number of amides is 1. The number of aliphatic carboxylic acids is 1. The Bertz CT molecular complexity index is 449. The molecule has 6 heteroatoms. The number of nitrogens with zero attached hydrogens (tertiary/aromatic N) is 2. The fourth-order valence-corrected chi connectivity index (χ4v) is 1.39. The van der Waals surface area contributed by atoms with E-state index in [1.54, 1.807) is 24.9 Å². The molecule has 0 aromatic carbocycles. The Balaban J connectivity index is 2.68. The van der Waals surface area contributed by atoms with Gasteiger partial charge in [0.05, 0.1) is 16.8 Å². The van der Waals surface area contributed by atoms with Crippen LogP contribution in [0.15, 0.2) is 6.20 Å². The van der Waals surface area contributed by atoms with E-state index in [9.17, 15) is 9.59 Å². The monoisotopic (exact) mass is 239 g/mol. The lowest BCUT2D eigenvalue weighted by Gasteiger charge is -2.17. The molecule has 0 saturated heterocycles. The van der Waals surface area contributed by atoms with Gasteiger partial charge in [0, 0.05) is 19.7 Å². The number of aromatic nitrogens is 2. The molecule has 0 radical (unpaired) electrons. The highest BCUT2D eigenvalue weighted by Gasteiger charge is 2.30. The van der Waals surface area contributed by atoms with Crippen molar-refractivity contribution in [3.63, 3.8) is 0 Å². The zero-order chi connectivity index (χ0) is 13.2. The number of carboxylic acids is 1. The van der Waals surface area contributed by atoms with Crippen LogP contribution in [-0.4, -0.2) is 26.8 Å². The molecule has 2 N–H and O–H groups in total. The molecule has 0 atom stereocenters. The fourth-order valence-electron chi connectivity index (χ4n) is 1.39. The number of aryl methyl sites for hydroxylation is 2. The molecule has 0 bridgehead atoms. The van der Waals surface area contributed by atoms with Crippen molar-refractivity contribution in [2.24, 2.45) is 12.5 Å². The van der Waals surface area contributed by atoms with E-state index in [0.717, 1.165) is 0 Å². The summed E-state index contributed by atoms with van der Waals surface area (Å²) in [5.41, 5.74) is 0.243. The van der Waals surface area contributed by atoms with Gasteiger partial charge in [0.1, 0.15) is 0 Å². The average molecular weight is 239 g/mol. The molecule has 1 aromatic heterocycles. The summed E-state index contributed by atoms with van der Waals surface area (Å²) in [5, 5.41) is 15.7. The highest BCUT2D eigenvalue weighted by atomic mass is 16.4. The van der Waals surface area contributed by atoms with E-state index in [4.69, 9.17) is 5.11 Å². The molecule has 17 heavy (non-hydrogen) atoms. The molecule has 0 spiro atoms. The fraction of sp³-hybridized carbons (Fsp3) is 0.545. The highest BCUT2D eigenvalue weighted by molar-refractivity contribution is 5.94. The SMILES string of the molecule is Cc1nn(C)cc1NC(=O)CC(C)(C)C(=O)O. The summed E-state index contributed by atoms with van der Waals surface area (Å²) in [6.45, 7) is 4.81. The van der Waals surface area contributed by atoms with Crippen LogP contribution < -0.4 is 5.32 Å². The first-order valence-corrected chi connectivity index (χ1v) is 5.26. The summed E-state index contributed by atoms with van der Waals surface area (Å²) in [5.74, 6) is -1.32. The second-order valence-electron chi connectivity index (χ2n) is 4.72. The lowest BCUT2D eigenvalue weighted by atomic mass is 9.89. The van der Waals surface area contributed by atoms with Crippen molar-refractivity contribution in [3.05, 3.63) is 11.9 Å². The highest BCUT2D eigenvalue weighted by Crippen LogP contribution is 2.22. The van der Waals surface area contributed by atoms with Crippen molar-refractivity contribution in [1.29, 1.82) is 0 Å². The number of hydrogen-bond acceptors (Lipinski definition) is 3. The molecule has 0 saturated carbocycles. The van der Waals surface area contributed by atoms with Gasteiger partial charge in [-0.15, -0.1) is 0 Å². The Kier molecular flexibility index (Phi) is 3.55. The minimum absolute atomic E-state index is 0.0728. The van der Waals surface area contributed by atoms with Crippen LogP contribution in [0.25, 0.3) is 0 Å². The molecule has 0 aliphatic rings. The molecule has 0 unspecified atom stereocenters. The van der Waals surface area contributed by atoms with E-state index in [-0.39, 0.29) is 12.3 Å². The molecule has 1 amide bonds. The lowest BCUT2D eigenvalue weighted by molar-refractivity contribution is -0.148. The average Bonchev–Trinajstić information content (AvgIpc) is 2.43. The van der Waals surface area contributed by atoms with Crippen LogP contribution in [0, 0.1) is 12.3 Å². The molecular formula is C11H17N3O3. The number of carbonyl (C=O) groups is 2. The number of carboxylic acid groups (broad SMARTS) is 1. The Hall–Kier alpha value is -1.85. The molecule has 1 aromatic rings. The Labute approximate surface area is 99.6 Å². The van der Waals surface area contributed by atoms with E-state index in [1.165, 1.54) is 13.8 Å². The van der Waals surface area contributed by atoms with E-state index >= 15 is 0 Å². The zero-order valence-corrected chi connectivity index (χ0v) is 10.4. The van der Waals surface area contributed by atoms with Crippen molar-refractivity contribution in [2.75, 3.05) is 5.32 Å². The van der Waals surface area contributed by atoms with Gasteiger partial charge in [-0.25, -0.2) is 0 Å². The molecule has 6 nitrogen and oxygen atoms in total. The summed E-state index contributed by atoms with van der Waals surface area (Å²) >= 11 is 0. The van der Waals surface area contributed by atoms with Gasteiger partial charge in [-0.05, 0) is 20.8 Å². The van der Waals surface area contributed by atoms with Gasteiger partial charge in [0.15, 0.2) is 0 Å². The summed E-state index contributed by atoms with van der Waals surface area (Å²) < 4.78 is 1.59. The van der Waals surface area contributed by atoms with Gasteiger partial charge in [-0.1, -0.05) is 0 Å². The second kappa shape index (κ2) is 4.57. The van der Waals surface area contributed by atoms with Crippen molar-refractivity contribution >= 4 is 17.6 Å². The summed E-state index contributed by atoms with van der Waals surface area (Å²) in [6.07, 6.45) is 1.61. The predicted molar refractivity (Wildman–Crippen MR) is 62.6 cm³/mol. The third-order valence-electron chi connectivity index (χ3n) is 2.47. The normalized spacial score (nSPS) is 11.3. The van der Waals surface area contributed by atoms with Crippen molar-refractivity contribution < 1.29 is 14.7 Å². The number of carbonyl (C=O) groups excluding carboxylic acids is 1. The van der Waals surface area contributed by atoms with E-state index in [2.05, 4.69) is 10.4 Å². The number of hydrogen-bond donors (Lipinski definition) is 2. The van der Waals surface area contributed by atoms with Crippen LogP contribution >= 0.6 is 0 Å². The molecule has 94 valence electrons. The summed E-state index contributed by atoms with van der Waals surface area (Å²) in [6, 6.07) is 0. The first-order chi connectivity index (χ1) is 7.72. The van der Waals surface area contributed by atoms with Crippen LogP contribution in [0.2, 0.25) is 0 Å². The van der Waals surface area contributed by atoms with Gasteiger partial charge < -0.3 is 10.4 Å². The molecule has 1 heterocycles. The van der Waals surface area contributed by atoms with Crippen LogP contribution in [0.1, 0.15) is 26.0 Å². The van der Waals surface area contributed by atoms with Gasteiger partial charge in [0.2, 0.25) is 5.91 Å². The summed E-state index contributed by atoms with van der Waals surface area (Å²) in [7, 11) is 1.75. The van der Waals surface area contributed by atoms with Crippen LogP contribution in [0.5, 0.6) is 0 Å². The largest absolute Gasteiger partial charge is 0.481 e. The van der Waals surface area contributed by atoms with Gasteiger partial charge >= 0.3 is 5.97 Å². The summed E-state index contributed by atoms with van der Waals surface area (Å²) in [4.78, 5) is 22.6. The first kappa shape index (κ1) is 13.2. The molecule has 0 fully saturated rings. The van der Waals surface area contributed by atoms with E-state index in [0.29, 0.717) is 11.4 Å². The third kappa shape index (κ3) is 3.30. The van der Waals surface area contributed by atoms with Gasteiger partial charge in [-0.2, -0.15) is 5.10 Å². The number of nitrogens with one attached hydrogen (secondary N) is 1. The molecule has 0 aliphatic heterocycles. The topological polar surface area (TPSA) is 84.2 Å². The van der Waals surface area contributed by atoms with Gasteiger partial charge in [-0.3, -0.25) is 14.3 Å². The lowest BCUT2D eigenvalue weighted by Crippen LogP contribution is -2.29. The Morgan fingerprint density at radius 2 is 2.12 bits per heavy atom. The maximum absolute atomic E-state index is 11.7. The van der Waals surface area contributed by atoms with Crippen LogP contribution in [-0.2, 0) is 16.6 Å². The zero-order valence-electron chi connectivity index (χ0n) is 10.4. The van der Waals surface area contributed by atoms with Crippen LogP contribution in [0.4, 0.5) is 5.69 Å². The Morgan fingerprint density at radius 1 is 1.53 bits per heavy atom. The first-order valence-electron chi connectivity index (χ1n) is 5.26. The number of anilines is 1. The van der Waals surface area contributed by atoms with E-state index in [1.807, 2.05) is 0 Å². The quantitative estimate of drug-likeness (QED) is 0.826. The number of rotatable bonds is 4. The van der Waals surface area contributed by atoms with Crippen molar-refractivity contribution in [2.45, 2.75) is 27.2 Å².